The van der Waals surface area contributed by atoms with Crippen LogP contribution in [0.25, 0.3) is 0 Å². The number of rotatable bonds is 6. The van der Waals surface area contributed by atoms with Crippen LogP contribution < -0.4 is 5.32 Å². The minimum absolute atomic E-state index is 0.796. The highest BCUT2D eigenvalue weighted by molar-refractivity contribution is 5.14. The molecule has 0 aromatic heterocycles. The van der Waals surface area contributed by atoms with Gasteiger partial charge in [-0.25, -0.2) is 0 Å². The smallest absolute Gasteiger partial charge is 0.0495 e. The summed E-state index contributed by atoms with van der Waals surface area (Å²) in [6.45, 7) is 4.15. The molecule has 1 aliphatic rings. The molecule has 1 aliphatic heterocycles. The van der Waals surface area contributed by atoms with Gasteiger partial charge in [-0.15, -0.1) is 0 Å². The van der Waals surface area contributed by atoms with Crippen molar-refractivity contribution in [3.8, 4) is 0 Å². The second kappa shape index (κ2) is 6.66. The van der Waals surface area contributed by atoms with Gasteiger partial charge in [-0.05, 0) is 43.8 Å². The van der Waals surface area contributed by atoms with E-state index in [2.05, 4.69) is 35.6 Å². The standard InChI is InChI=1S/C14H21NO/c1-2-4-13(5-3-1)6-9-15-10-7-14-8-11-16-12-14/h1-5,14-15H,6-12H2. The normalized spacial score (nSPS) is 20.1. The van der Waals surface area contributed by atoms with Crippen LogP contribution in [0, 0.1) is 5.92 Å². The van der Waals surface area contributed by atoms with E-state index in [1.54, 1.807) is 0 Å². The SMILES string of the molecule is c1ccc(CCNCCC2CCOC2)cc1. The minimum Gasteiger partial charge on any atom is -0.381 e. The zero-order chi connectivity index (χ0) is 11.1. The molecule has 16 heavy (non-hydrogen) atoms. The predicted octanol–water partition coefficient (Wildman–Crippen LogP) is 2.25. The first-order valence-corrected chi connectivity index (χ1v) is 6.27. The van der Waals surface area contributed by atoms with Crippen molar-refractivity contribution in [2.24, 2.45) is 5.92 Å². The summed E-state index contributed by atoms with van der Waals surface area (Å²) in [7, 11) is 0. The van der Waals surface area contributed by atoms with Crippen LogP contribution in [0.15, 0.2) is 30.3 Å². The summed E-state index contributed by atoms with van der Waals surface area (Å²) in [6, 6.07) is 10.6. The van der Waals surface area contributed by atoms with Gasteiger partial charge in [0.05, 0.1) is 0 Å². The Morgan fingerprint density at radius 3 is 2.81 bits per heavy atom. The van der Waals surface area contributed by atoms with Gasteiger partial charge in [-0.2, -0.15) is 0 Å². The van der Waals surface area contributed by atoms with Crippen LogP contribution in [-0.4, -0.2) is 26.3 Å². The van der Waals surface area contributed by atoms with Crippen molar-refractivity contribution in [1.82, 2.24) is 5.32 Å². The van der Waals surface area contributed by atoms with Gasteiger partial charge in [-0.1, -0.05) is 30.3 Å². The third-order valence-corrected chi connectivity index (χ3v) is 3.19. The van der Waals surface area contributed by atoms with Gasteiger partial charge in [0.2, 0.25) is 0 Å². The van der Waals surface area contributed by atoms with E-state index in [9.17, 15) is 0 Å². The van der Waals surface area contributed by atoms with Crippen molar-refractivity contribution in [2.75, 3.05) is 26.3 Å². The van der Waals surface area contributed by atoms with E-state index in [1.165, 1.54) is 18.4 Å². The molecule has 1 saturated heterocycles. The monoisotopic (exact) mass is 219 g/mol. The van der Waals surface area contributed by atoms with Gasteiger partial charge >= 0.3 is 0 Å². The van der Waals surface area contributed by atoms with Crippen LogP contribution in [0.2, 0.25) is 0 Å². The summed E-state index contributed by atoms with van der Waals surface area (Å²) in [5.74, 6) is 0.796. The summed E-state index contributed by atoms with van der Waals surface area (Å²) in [4.78, 5) is 0. The molecule has 0 radical (unpaired) electrons. The van der Waals surface area contributed by atoms with Gasteiger partial charge < -0.3 is 10.1 Å². The van der Waals surface area contributed by atoms with Crippen molar-refractivity contribution < 1.29 is 4.74 Å². The second-order valence-corrected chi connectivity index (χ2v) is 4.50. The quantitative estimate of drug-likeness (QED) is 0.741. The minimum atomic E-state index is 0.796. The van der Waals surface area contributed by atoms with E-state index < -0.39 is 0 Å². The molecular weight excluding hydrogens is 198 g/mol. The maximum absolute atomic E-state index is 5.36. The molecule has 1 heterocycles. The highest BCUT2D eigenvalue weighted by Gasteiger charge is 2.14. The molecule has 1 atom stereocenters. The molecule has 1 N–H and O–H groups in total. The molecule has 1 unspecified atom stereocenters. The van der Waals surface area contributed by atoms with Crippen molar-refractivity contribution >= 4 is 0 Å². The zero-order valence-electron chi connectivity index (χ0n) is 9.82. The molecule has 0 saturated carbocycles. The Hall–Kier alpha value is -0.860. The molecule has 2 rings (SSSR count). The van der Waals surface area contributed by atoms with E-state index >= 15 is 0 Å². The lowest BCUT2D eigenvalue weighted by atomic mass is 10.1. The van der Waals surface area contributed by atoms with Crippen LogP contribution in [0.5, 0.6) is 0 Å². The van der Waals surface area contributed by atoms with Gasteiger partial charge in [-0.3, -0.25) is 0 Å². The Kier molecular flexibility index (Phi) is 4.84. The Balaban J connectivity index is 1.52. The van der Waals surface area contributed by atoms with E-state index in [4.69, 9.17) is 4.74 Å². The summed E-state index contributed by atoms with van der Waals surface area (Å²) in [5.41, 5.74) is 1.42. The maximum atomic E-state index is 5.36. The van der Waals surface area contributed by atoms with Crippen LogP contribution in [0.4, 0.5) is 0 Å². The molecule has 0 bridgehead atoms. The Labute approximate surface area is 98.0 Å². The fourth-order valence-corrected chi connectivity index (χ4v) is 2.12. The largest absolute Gasteiger partial charge is 0.381 e. The molecule has 2 heteroatoms. The lowest BCUT2D eigenvalue weighted by molar-refractivity contribution is 0.184. The number of nitrogens with one attached hydrogen (secondary N) is 1. The molecule has 1 aromatic carbocycles. The van der Waals surface area contributed by atoms with Crippen molar-refractivity contribution in [2.45, 2.75) is 19.3 Å². The molecule has 0 spiro atoms. The lowest BCUT2D eigenvalue weighted by Gasteiger charge is -2.08. The van der Waals surface area contributed by atoms with E-state index in [0.717, 1.165) is 38.6 Å². The molecule has 0 amide bonds. The highest BCUT2D eigenvalue weighted by Crippen LogP contribution is 2.15. The van der Waals surface area contributed by atoms with E-state index in [0.29, 0.717) is 0 Å². The second-order valence-electron chi connectivity index (χ2n) is 4.50. The topological polar surface area (TPSA) is 21.3 Å². The number of benzene rings is 1. The molecular formula is C14H21NO. The van der Waals surface area contributed by atoms with Crippen LogP contribution in [0.1, 0.15) is 18.4 Å². The Bertz CT molecular complexity index is 280. The van der Waals surface area contributed by atoms with Crippen LogP contribution in [0.3, 0.4) is 0 Å². The molecule has 2 nitrogen and oxygen atoms in total. The first-order valence-electron chi connectivity index (χ1n) is 6.27. The Morgan fingerprint density at radius 1 is 1.19 bits per heavy atom. The van der Waals surface area contributed by atoms with Gasteiger partial charge in [0.1, 0.15) is 0 Å². The number of ether oxygens (including phenoxy) is 1. The van der Waals surface area contributed by atoms with Gasteiger partial charge in [0, 0.05) is 13.2 Å². The van der Waals surface area contributed by atoms with Crippen molar-refractivity contribution in [1.29, 1.82) is 0 Å². The average Bonchev–Trinajstić information content (AvgIpc) is 2.83. The third-order valence-electron chi connectivity index (χ3n) is 3.19. The van der Waals surface area contributed by atoms with Crippen molar-refractivity contribution in [3.63, 3.8) is 0 Å². The van der Waals surface area contributed by atoms with Gasteiger partial charge in [0.15, 0.2) is 0 Å². The average molecular weight is 219 g/mol. The lowest BCUT2D eigenvalue weighted by Crippen LogP contribution is -2.21. The molecule has 1 fully saturated rings. The first kappa shape index (κ1) is 11.6. The number of hydrogen-bond acceptors (Lipinski definition) is 2. The fraction of sp³-hybridized carbons (Fsp3) is 0.571. The zero-order valence-corrected chi connectivity index (χ0v) is 9.82. The summed E-state index contributed by atoms with van der Waals surface area (Å²) < 4.78 is 5.36. The predicted molar refractivity (Wildman–Crippen MR) is 66.6 cm³/mol. The summed E-state index contributed by atoms with van der Waals surface area (Å²) in [5, 5.41) is 3.51. The van der Waals surface area contributed by atoms with Crippen LogP contribution in [-0.2, 0) is 11.2 Å². The summed E-state index contributed by atoms with van der Waals surface area (Å²) >= 11 is 0. The first-order chi connectivity index (χ1) is 7.95. The number of hydrogen-bond donors (Lipinski definition) is 1. The fourth-order valence-electron chi connectivity index (χ4n) is 2.12. The third kappa shape index (κ3) is 3.95. The van der Waals surface area contributed by atoms with E-state index in [1.807, 2.05) is 0 Å². The summed E-state index contributed by atoms with van der Waals surface area (Å²) in [6.07, 6.45) is 3.64. The van der Waals surface area contributed by atoms with Crippen molar-refractivity contribution in [3.05, 3.63) is 35.9 Å². The van der Waals surface area contributed by atoms with E-state index in [-0.39, 0.29) is 0 Å². The van der Waals surface area contributed by atoms with Crippen LogP contribution >= 0.6 is 0 Å². The maximum Gasteiger partial charge on any atom is 0.0495 e. The molecule has 88 valence electrons. The molecule has 0 aliphatic carbocycles. The van der Waals surface area contributed by atoms with Gasteiger partial charge in [0.25, 0.3) is 0 Å². The molecule has 1 aromatic rings. The Morgan fingerprint density at radius 2 is 2.06 bits per heavy atom. The highest BCUT2D eigenvalue weighted by atomic mass is 16.5.